The molecule has 0 aliphatic carbocycles. The molecule has 0 bridgehead atoms. The number of rotatable bonds is 1. The van der Waals surface area contributed by atoms with E-state index in [0.29, 0.717) is 0 Å². The molecule has 0 unspecified atom stereocenters. The van der Waals surface area contributed by atoms with Gasteiger partial charge < -0.3 is 0 Å². The van der Waals surface area contributed by atoms with Crippen molar-refractivity contribution >= 4 is 43.2 Å². The Balaban J connectivity index is 3.30. The Bertz CT molecular complexity index is 78.9. The Morgan fingerprint density at radius 1 is 1.83 bits per heavy atom. The van der Waals surface area contributed by atoms with Crippen molar-refractivity contribution in [3.05, 3.63) is 10.2 Å². The van der Waals surface area contributed by atoms with E-state index in [0.717, 1.165) is 0 Å². The predicted octanol–water partition coefficient (Wildman–Crippen LogP) is 1.86. The van der Waals surface area contributed by atoms with Crippen molar-refractivity contribution < 1.29 is 4.79 Å². The van der Waals surface area contributed by atoms with Gasteiger partial charge in [0.15, 0.2) is 0 Å². The molecule has 0 spiro atoms. The van der Waals surface area contributed by atoms with E-state index in [1.807, 2.05) is 22.6 Å². The highest BCUT2D eigenvalue weighted by Gasteiger charge is 1.77. The molecule has 0 aromatic rings. The number of carbonyl (C=O) groups is 1. The summed E-state index contributed by atoms with van der Waals surface area (Å²) in [5.41, 5.74) is 0. The zero-order valence-electron chi connectivity index (χ0n) is 2.82. The Morgan fingerprint density at radius 2 is 2.33 bits per heavy atom. The lowest BCUT2D eigenvalue weighted by molar-refractivity contribution is -0.106. The van der Waals surface area contributed by atoms with E-state index in [1.165, 1.54) is 6.08 Å². The van der Waals surface area contributed by atoms with Crippen molar-refractivity contribution in [1.29, 1.82) is 0 Å². The van der Waals surface area contributed by atoms with Gasteiger partial charge in [-0.2, -0.15) is 0 Å². The summed E-state index contributed by atoms with van der Waals surface area (Å²) in [7, 11) is 0. The maximum atomic E-state index is 9.87. The van der Waals surface area contributed by atoms with E-state index >= 15 is 0 Å². The third-order valence-corrected chi connectivity index (χ3v) is 0.818. The molecule has 6 heavy (non-hydrogen) atoms. The normalized spacial score (nSPS) is 9.67. The molecule has 0 radical (unpaired) electrons. The fraction of sp³-hybridized carbons (Fsp3) is 0. The minimum Gasteiger partial charge on any atom is -0.282 e. The van der Waals surface area contributed by atoms with E-state index in [4.69, 9.17) is 0 Å². The summed E-state index contributed by atoms with van der Waals surface area (Å²) in [5.74, 6) is 0. The van der Waals surface area contributed by atoms with Gasteiger partial charge in [-0.3, -0.25) is 4.79 Å². The molecule has 0 saturated heterocycles. The maximum absolute atomic E-state index is 9.87. The van der Waals surface area contributed by atoms with E-state index in [1.54, 1.807) is 4.08 Å². The minimum atomic E-state index is -0.0862. The predicted molar refractivity (Wildman–Crippen MR) is 37.1 cm³/mol. The molecule has 0 N–H and O–H groups in total. The van der Waals surface area contributed by atoms with Crippen LogP contribution in [0.4, 0.5) is 0 Å². The molecule has 1 nitrogen and oxygen atoms in total. The first-order valence-electron chi connectivity index (χ1n) is 1.23. The first-order valence-corrected chi connectivity index (χ1v) is 3.27. The van der Waals surface area contributed by atoms with Crippen LogP contribution in [0.2, 0.25) is 0 Å². The van der Waals surface area contributed by atoms with Gasteiger partial charge in [0.1, 0.15) is 0 Å². The first kappa shape index (κ1) is 6.62. The Labute approximate surface area is 58.1 Å². The highest BCUT2D eigenvalue weighted by atomic mass is 127. The summed E-state index contributed by atoms with van der Waals surface area (Å²) in [6.07, 6.45) is 1.43. The van der Waals surface area contributed by atoms with Crippen LogP contribution in [0.15, 0.2) is 10.2 Å². The van der Waals surface area contributed by atoms with Gasteiger partial charge in [0.05, 0.1) is 0 Å². The molecule has 3 heteroatoms. The van der Waals surface area contributed by atoms with Crippen molar-refractivity contribution in [3.8, 4) is 0 Å². The zero-order chi connectivity index (χ0) is 4.99. The average molecular weight is 261 g/mol. The highest BCUT2D eigenvalue weighted by molar-refractivity contribution is 14.1. The van der Waals surface area contributed by atoms with Gasteiger partial charge >= 0.3 is 0 Å². The van der Waals surface area contributed by atoms with Crippen molar-refractivity contribution in [2.45, 2.75) is 0 Å². The molecular weight excluding hydrogens is 259 g/mol. The summed E-state index contributed by atoms with van der Waals surface area (Å²) in [5, 5.41) is 0. The first-order chi connectivity index (χ1) is 2.77. The third kappa shape index (κ3) is 4.62. The molecule has 34 valence electrons. The fourth-order valence-electron chi connectivity index (χ4n) is 0.0495. The second kappa shape index (κ2) is 3.80. The number of hydrogen-bond donors (Lipinski definition) is 0. The summed E-state index contributed by atoms with van der Waals surface area (Å²) >= 11 is 4.68. The molecule has 0 aromatic carbocycles. The van der Waals surface area contributed by atoms with E-state index < -0.39 is 0 Å². The number of carbonyl (C=O) groups excluding carboxylic acids is 1. The van der Waals surface area contributed by atoms with Gasteiger partial charge in [-0.05, 0) is 26.1 Å². The Hall–Kier alpha value is 0.620. The SMILES string of the molecule is O=C(Br)C=CI. The molecule has 0 saturated carbocycles. The molecule has 0 aliphatic rings. The van der Waals surface area contributed by atoms with Crippen LogP contribution in [-0.4, -0.2) is 4.69 Å². The van der Waals surface area contributed by atoms with E-state index in [9.17, 15) is 4.79 Å². The standard InChI is InChI=1S/C3H2BrIO/c4-3(6)1-2-5/h1-2H. The summed E-state index contributed by atoms with van der Waals surface area (Å²) in [6, 6.07) is 0. The van der Waals surface area contributed by atoms with Crippen molar-refractivity contribution in [2.24, 2.45) is 0 Å². The fourth-order valence-corrected chi connectivity index (χ4v) is 1.00. The van der Waals surface area contributed by atoms with Crippen LogP contribution in [-0.2, 0) is 4.79 Å². The molecule has 0 fully saturated rings. The van der Waals surface area contributed by atoms with E-state index in [-0.39, 0.29) is 4.69 Å². The van der Waals surface area contributed by atoms with Gasteiger partial charge in [-0.1, -0.05) is 22.6 Å². The van der Waals surface area contributed by atoms with Crippen LogP contribution >= 0.6 is 38.5 Å². The lowest BCUT2D eigenvalue weighted by atomic mass is 10.7. The molecule has 0 aliphatic heterocycles. The minimum absolute atomic E-state index is 0.0862. The molecule has 0 amide bonds. The summed E-state index contributed by atoms with van der Waals surface area (Å²) in [6.45, 7) is 0. The van der Waals surface area contributed by atoms with Gasteiger partial charge in [-0.25, -0.2) is 0 Å². The van der Waals surface area contributed by atoms with Crippen molar-refractivity contribution in [3.63, 3.8) is 0 Å². The maximum Gasteiger partial charge on any atom is 0.221 e. The van der Waals surface area contributed by atoms with Crippen LogP contribution in [0.25, 0.3) is 0 Å². The highest BCUT2D eigenvalue weighted by Crippen LogP contribution is 1.89. The van der Waals surface area contributed by atoms with Crippen molar-refractivity contribution in [2.75, 3.05) is 0 Å². The van der Waals surface area contributed by atoms with Crippen LogP contribution < -0.4 is 0 Å². The molecule has 0 atom stereocenters. The second-order valence-corrected chi connectivity index (χ2v) is 2.10. The molecule has 0 rings (SSSR count). The average Bonchev–Trinajstić information content (AvgIpc) is 1.35. The molecule has 0 aromatic heterocycles. The largest absolute Gasteiger partial charge is 0.282 e. The lowest BCUT2D eigenvalue weighted by Crippen LogP contribution is -1.68. The number of hydrogen-bond acceptors (Lipinski definition) is 1. The van der Waals surface area contributed by atoms with Gasteiger partial charge in [0, 0.05) is 0 Å². The smallest absolute Gasteiger partial charge is 0.221 e. The quantitative estimate of drug-likeness (QED) is 0.400. The summed E-state index contributed by atoms with van der Waals surface area (Å²) < 4.78 is 1.56. The second-order valence-electron chi connectivity index (χ2n) is 0.597. The summed E-state index contributed by atoms with van der Waals surface area (Å²) in [4.78, 5) is 9.87. The van der Waals surface area contributed by atoms with Gasteiger partial charge in [0.2, 0.25) is 4.69 Å². The monoisotopic (exact) mass is 260 g/mol. The van der Waals surface area contributed by atoms with Crippen LogP contribution in [0, 0.1) is 0 Å². The third-order valence-electron chi connectivity index (χ3n) is 0.194. The molecule has 0 heterocycles. The Kier molecular flexibility index (Phi) is 4.19. The van der Waals surface area contributed by atoms with Gasteiger partial charge in [0.25, 0.3) is 0 Å². The molecular formula is C3H2BrIO. The van der Waals surface area contributed by atoms with Crippen molar-refractivity contribution in [1.82, 2.24) is 0 Å². The van der Waals surface area contributed by atoms with Crippen LogP contribution in [0.3, 0.4) is 0 Å². The van der Waals surface area contributed by atoms with Crippen LogP contribution in [0.5, 0.6) is 0 Å². The zero-order valence-corrected chi connectivity index (χ0v) is 6.56. The topological polar surface area (TPSA) is 17.1 Å². The van der Waals surface area contributed by atoms with Crippen LogP contribution in [0.1, 0.15) is 0 Å². The van der Waals surface area contributed by atoms with E-state index in [2.05, 4.69) is 15.9 Å². The van der Waals surface area contributed by atoms with Gasteiger partial charge in [-0.15, -0.1) is 0 Å². The number of halogens is 2. The number of allylic oxidation sites excluding steroid dienone is 1. The Morgan fingerprint density at radius 3 is 2.33 bits per heavy atom. The lowest BCUT2D eigenvalue weighted by Gasteiger charge is -1.64.